The molecule has 2 nitrogen and oxygen atoms in total. The number of pyridine rings is 2. The average molecular weight is 246 g/mol. The second-order valence-electron chi connectivity index (χ2n) is 4.42. The van der Waals surface area contributed by atoms with Gasteiger partial charge in [-0.3, -0.25) is 9.97 Å². The molecule has 2 aromatic heterocycles. The maximum Gasteiger partial charge on any atom is 0.0737 e. The molecule has 0 unspecified atom stereocenters. The van der Waals surface area contributed by atoms with Gasteiger partial charge >= 0.3 is 0 Å². The molecule has 0 atom stereocenters. The van der Waals surface area contributed by atoms with Crippen molar-refractivity contribution < 1.29 is 0 Å². The van der Waals surface area contributed by atoms with Gasteiger partial charge in [-0.05, 0) is 23.3 Å². The van der Waals surface area contributed by atoms with Crippen LogP contribution in [0, 0.1) is 0 Å². The number of rotatable bonds is 3. The summed E-state index contributed by atoms with van der Waals surface area (Å²) >= 11 is 0. The quantitative estimate of drug-likeness (QED) is 0.703. The maximum absolute atomic E-state index is 4.52. The average Bonchev–Trinajstić information content (AvgIpc) is 2.50. The van der Waals surface area contributed by atoms with Gasteiger partial charge in [0.15, 0.2) is 0 Å². The van der Waals surface area contributed by atoms with Gasteiger partial charge in [0.25, 0.3) is 0 Å². The van der Waals surface area contributed by atoms with E-state index in [-0.39, 0.29) is 0 Å². The van der Waals surface area contributed by atoms with E-state index in [9.17, 15) is 0 Å². The van der Waals surface area contributed by atoms with E-state index in [1.165, 1.54) is 11.1 Å². The first-order valence-corrected chi connectivity index (χ1v) is 6.32. The molecule has 2 heteroatoms. The van der Waals surface area contributed by atoms with Gasteiger partial charge in [0.05, 0.1) is 5.69 Å². The molecule has 0 aliphatic carbocycles. The van der Waals surface area contributed by atoms with Gasteiger partial charge in [-0.15, -0.1) is 0 Å². The van der Waals surface area contributed by atoms with E-state index in [1.54, 1.807) is 6.20 Å². The van der Waals surface area contributed by atoms with Gasteiger partial charge in [-0.1, -0.05) is 42.5 Å². The van der Waals surface area contributed by atoms with Crippen LogP contribution in [-0.2, 0) is 6.42 Å². The molecule has 2 heterocycles. The fourth-order valence-corrected chi connectivity index (χ4v) is 2.16. The van der Waals surface area contributed by atoms with Crippen LogP contribution in [-0.4, -0.2) is 9.97 Å². The molecule has 1 aromatic carbocycles. The number of hydrogen-bond donors (Lipinski definition) is 0. The summed E-state index contributed by atoms with van der Waals surface area (Å²) in [5.74, 6) is 0. The highest BCUT2D eigenvalue weighted by Crippen LogP contribution is 2.22. The lowest BCUT2D eigenvalue weighted by Gasteiger charge is -2.08. The molecule has 0 fully saturated rings. The van der Waals surface area contributed by atoms with Crippen LogP contribution < -0.4 is 0 Å². The molecule has 0 spiro atoms. The van der Waals surface area contributed by atoms with Crippen LogP contribution in [0.1, 0.15) is 11.1 Å². The zero-order valence-electron chi connectivity index (χ0n) is 10.5. The third kappa shape index (κ3) is 2.68. The highest BCUT2D eigenvalue weighted by molar-refractivity contribution is 5.63. The SMILES string of the molecule is c1ccc(-c2ncccc2Cc2cccnc2)cc1. The van der Waals surface area contributed by atoms with Gasteiger partial charge in [-0.25, -0.2) is 0 Å². The van der Waals surface area contributed by atoms with Crippen molar-refractivity contribution in [2.45, 2.75) is 6.42 Å². The Morgan fingerprint density at radius 3 is 2.42 bits per heavy atom. The predicted octanol–water partition coefficient (Wildman–Crippen LogP) is 3.73. The number of nitrogens with zero attached hydrogens (tertiary/aromatic N) is 2. The molecule has 19 heavy (non-hydrogen) atoms. The third-order valence-corrected chi connectivity index (χ3v) is 3.06. The van der Waals surface area contributed by atoms with Crippen LogP contribution >= 0.6 is 0 Å². The molecule has 0 N–H and O–H groups in total. The largest absolute Gasteiger partial charge is 0.264 e. The zero-order valence-corrected chi connectivity index (χ0v) is 10.5. The minimum absolute atomic E-state index is 0.853. The fourth-order valence-electron chi connectivity index (χ4n) is 2.16. The van der Waals surface area contributed by atoms with E-state index in [2.05, 4.69) is 34.2 Å². The van der Waals surface area contributed by atoms with Crippen molar-refractivity contribution in [1.29, 1.82) is 0 Å². The highest BCUT2D eigenvalue weighted by Gasteiger charge is 2.06. The molecule has 3 rings (SSSR count). The molecule has 92 valence electrons. The predicted molar refractivity (Wildman–Crippen MR) is 76.7 cm³/mol. The van der Waals surface area contributed by atoms with Crippen molar-refractivity contribution >= 4 is 0 Å². The van der Waals surface area contributed by atoms with Gasteiger partial charge in [-0.2, -0.15) is 0 Å². The van der Waals surface area contributed by atoms with Gasteiger partial charge in [0, 0.05) is 30.6 Å². The second-order valence-corrected chi connectivity index (χ2v) is 4.42. The number of hydrogen-bond acceptors (Lipinski definition) is 2. The first-order chi connectivity index (χ1) is 9.43. The molecular weight excluding hydrogens is 232 g/mol. The lowest BCUT2D eigenvalue weighted by atomic mass is 10.0. The standard InChI is InChI=1S/C17H14N2/c1-2-7-15(8-3-1)17-16(9-5-11-19-17)12-14-6-4-10-18-13-14/h1-11,13H,12H2. The summed E-state index contributed by atoms with van der Waals surface area (Å²) < 4.78 is 0. The summed E-state index contributed by atoms with van der Waals surface area (Å²) in [5.41, 5.74) is 4.63. The third-order valence-electron chi connectivity index (χ3n) is 3.06. The van der Waals surface area contributed by atoms with Crippen LogP contribution in [0.15, 0.2) is 73.2 Å². The summed E-state index contributed by atoms with van der Waals surface area (Å²) in [4.78, 5) is 8.69. The van der Waals surface area contributed by atoms with Crippen LogP contribution in [0.25, 0.3) is 11.3 Å². The van der Waals surface area contributed by atoms with Gasteiger partial charge < -0.3 is 0 Å². The molecule has 3 aromatic rings. The summed E-state index contributed by atoms with van der Waals surface area (Å²) in [6.45, 7) is 0. The minimum atomic E-state index is 0.853. The minimum Gasteiger partial charge on any atom is -0.264 e. The zero-order chi connectivity index (χ0) is 12.9. The highest BCUT2D eigenvalue weighted by atomic mass is 14.7. The van der Waals surface area contributed by atoms with E-state index in [1.807, 2.05) is 42.7 Å². The van der Waals surface area contributed by atoms with Gasteiger partial charge in [0.1, 0.15) is 0 Å². The van der Waals surface area contributed by atoms with E-state index in [0.717, 1.165) is 17.7 Å². The molecule has 0 bridgehead atoms. The van der Waals surface area contributed by atoms with Crippen LogP contribution in [0.5, 0.6) is 0 Å². The van der Waals surface area contributed by atoms with E-state index in [0.29, 0.717) is 0 Å². The Hall–Kier alpha value is -2.48. The molecule has 0 radical (unpaired) electrons. The van der Waals surface area contributed by atoms with Crippen LogP contribution in [0.4, 0.5) is 0 Å². The van der Waals surface area contributed by atoms with E-state index >= 15 is 0 Å². The molecule has 0 aliphatic heterocycles. The lowest BCUT2D eigenvalue weighted by molar-refractivity contribution is 1.12. The Kier molecular flexibility index (Phi) is 3.32. The van der Waals surface area contributed by atoms with Crippen molar-refractivity contribution in [2.24, 2.45) is 0 Å². The summed E-state index contributed by atoms with van der Waals surface area (Å²) in [6, 6.07) is 18.5. The van der Waals surface area contributed by atoms with Crippen LogP contribution in [0.2, 0.25) is 0 Å². The topological polar surface area (TPSA) is 25.8 Å². The molecule has 0 saturated heterocycles. The lowest BCUT2D eigenvalue weighted by Crippen LogP contribution is -1.95. The summed E-state index contributed by atoms with van der Waals surface area (Å²) in [6.07, 6.45) is 6.40. The Morgan fingerprint density at radius 1 is 0.789 bits per heavy atom. The monoisotopic (exact) mass is 246 g/mol. The Labute approximate surface area is 112 Å². The van der Waals surface area contributed by atoms with E-state index < -0.39 is 0 Å². The second kappa shape index (κ2) is 5.44. The summed E-state index contributed by atoms with van der Waals surface area (Å²) in [5, 5.41) is 0. The van der Waals surface area contributed by atoms with Crippen molar-refractivity contribution in [3.05, 3.63) is 84.3 Å². The Balaban J connectivity index is 1.99. The van der Waals surface area contributed by atoms with Crippen molar-refractivity contribution in [3.8, 4) is 11.3 Å². The number of benzene rings is 1. The Morgan fingerprint density at radius 2 is 1.63 bits per heavy atom. The molecule has 0 aliphatic rings. The fraction of sp³-hybridized carbons (Fsp3) is 0.0588. The van der Waals surface area contributed by atoms with E-state index in [4.69, 9.17) is 0 Å². The first-order valence-electron chi connectivity index (χ1n) is 6.32. The normalized spacial score (nSPS) is 10.3. The Bertz CT molecular complexity index is 648. The molecule has 0 saturated carbocycles. The number of aromatic nitrogens is 2. The maximum atomic E-state index is 4.52. The smallest absolute Gasteiger partial charge is 0.0737 e. The first kappa shape index (κ1) is 11.6. The molecule has 0 amide bonds. The van der Waals surface area contributed by atoms with Crippen molar-refractivity contribution in [1.82, 2.24) is 9.97 Å². The van der Waals surface area contributed by atoms with Gasteiger partial charge in [0.2, 0.25) is 0 Å². The van der Waals surface area contributed by atoms with Crippen molar-refractivity contribution in [2.75, 3.05) is 0 Å². The molecular formula is C17H14N2. The van der Waals surface area contributed by atoms with Crippen molar-refractivity contribution in [3.63, 3.8) is 0 Å². The summed E-state index contributed by atoms with van der Waals surface area (Å²) in [7, 11) is 0. The van der Waals surface area contributed by atoms with Crippen LogP contribution in [0.3, 0.4) is 0 Å².